The molecule has 0 spiro atoms. The molecule has 3 aromatic rings. The van der Waals surface area contributed by atoms with E-state index in [2.05, 4.69) is 4.90 Å². The van der Waals surface area contributed by atoms with Crippen LogP contribution in [0.1, 0.15) is 33.5 Å². The monoisotopic (exact) mass is 478 g/mol. The molecule has 2 aliphatic heterocycles. The molecule has 2 amide bonds. The number of hydrogen-bond donors (Lipinski definition) is 0. The van der Waals surface area contributed by atoms with Gasteiger partial charge in [0.05, 0.1) is 30.5 Å². The number of amides is 2. The van der Waals surface area contributed by atoms with Gasteiger partial charge in [-0.15, -0.1) is 11.3 Å². The highest BCUT2D eigenvalue weighted by atomic mass is 32.1. The number of ether oxygens (including phenoxy) is 1. The minimum atomic E-state index is -0.277. The second-order valence-corrected chi connectivity index (χ2v) is 9.24. The van der Waals surface area contributed by atoms with Crippen molar-refractivity contribution in [2.24, 2.45) is 5.10 Å². The summed E-state index contributed by atoms with van der Waals surface area (Å²) in [6.45, 7) is 2.75. The Morgan fingerprint density at radius 2 is 1.88 bits per heavy atom. The van der Waals surface area contributed by atoms with Crippen LogP contribution in [-0.4, -0.2) is 72.2 Å². The van der Waals surface area contributed by atoms with Crippen LogP contribution in [-0.2, 0) is 4.79 Å². The van der Waals surface area contributed by atoms with E-state index in [1.54, 1.807) is 18.4 Å². The van der Waals surface area contributed by atoms with Crippen LogP contribution in [0.15, 0.2) is 69.7 Å². The van der Waals surface area contributed by atoms with Gasteiger partial charge in [0.2, 0.25) is 0 Å². The first-order valence-electron chi connectivity index (χ1n) is 11.2. The molecule has 9 heteroatoms. The second kappa shape index (κ2) is 9.82. The lowest BCUT2D eigenvalue weighted by atomic mass is 10.0. The van der Waals surface area contributed by atoms with Gasteiger partial charge in [-0.2, -0.15) is 5.10 Å². The van der Waals surface area contributed by atoms with Crippen molar-refractivity contribution in [1.82, 2.24) is 14.8 Å². The number of thiophene rings is 1. The van der Waals surface area contributed by atoms with Crippen molar-refractivity contribution in [2.45, 2.75) is 12.5 Å². The maximum absolute atomic E-state index is 13.3. The van der Waals surface area contributed by atoms with Crippen LogP contribution in [0.2, 0.25) is 0 Å². The number of carbonyl (C=O) groups excluding carboxylic acids is 2. The van der Waals surface area contributed by atoms with Crippen molar-refractivity contribution < 1.29 is 18.7 Å². The number of rotatable bonds is 6. The lowest BCUT2D eigenvalue weighted by Gasteiger charge is -2.34. The summed E-state index contributed by atoms with van der Waals surface area (Å²) in [5.41, 5.74) is 1.79. The summed E-state index contributed by atoms with van der Waals surface area (Å²) in [5, 5.41) is 8.17. The maximum Gasteiger partial charge on any atom is 0.264 e. The summed E-state index contributed by atoms with van der Waals surface area (Å²) >= 11 is 1.46. The number of hydrazone groups is 1. The van der Waals surface area contributed by atoms with E-state index in [1.165, 1.54) is 11.3 Å². The zero-order chi connectivity index (χ0) is 23.5. The number of nitrogens with zero attached hydrogens (tertiary/aromatic N) is 4. The maximum atomic E-state index is 13.3. The van der Waals surface area contributed by atoms with Crippen molar-refractivity contribution >= 4 is 28.9 Å². The standard InChI is InChI=1S/C25H26N4O4S/c1-32-19-8-6-18(7-9-19)20-16-21(22-4-2-14-33-22)29(26-20)24(30)17-27-10-12-28(13-11-27)25(31)23-5-3-15-34-23/h2-9,14-15,21H,10-13,16-17H2,1H3/t21-/m1/s1. The third kappa shape index (κ3) is 4.62. The van der Waals surface area contributed by atoms with Gasteiger partial charge in [0.1, 0.15) is 17.6 Å². The first-order valence-corrected chi connectivity index (χ1v) is 12.1. The molecule has 4 heterocycles. The van der Waals surface area contributed by atoms with E-state index >= 15 is 0 Å². The Morgan fingerprint density at radius 1 is 1.09 bits per heavy atom. The Hall–Kier alpha value is -3.43. The first-order chi connectivity index (χ1) is 16.6. The first kappa shape index (κ1) is 22.4. The van der Waals surface area contributed by atoms with Gasteiger partial charge in [0.25, 0.3) is 11.8 Å². The minimum Gasteiger partial charge on any atom is -0.497 e. The van der Waals surface area contributed by atoms with E-state index in [4.69, 9.17) is 14.3 Å². The molecule has 0 bridgehead atoms. The van der Waals surface area contributed by atoms with E-state index in [1.807, 2.05) is 58.8 Å². The SMILES string of the molecule is COc1ccc(C2=NN(C(=O)CN3CCN(C(=O)c4cccs4)CC3)[C@@H](c3ccco3)C2)cc1. The van der Waals surface area contributed by atoms with Crippen LogP contribution in [0.25, 0.3) is 0 Å². The largest absolute Gasteiger partial charge is 0.497 e. The van der Waals surface area contributed by atoms with Crippen LogP contribution in [0.4, 0.5) is 0 Å². The fraction of sp³-hybridized carbons (Fsp3) is 0.320. The number of methoxy groups -OCH3 is 1. The minimum absolute atomic E-state index is 0.0622. The number of furan rings is 1. The Balaban J connectivity index is 1.26. The van der Waals surface area contributed by atoms with Gasteiger partial charge in [0, 0.05) is 32.6 Å². The van der Waals surface area contributed by atoms with Crippen molar-refractivity contribution in [3.63, 3.8) is 0 Å². The normalized spacial score (nSPS) is 18.7. The zero-order valence-electron chi connectivity index (χ0n) is 18.9. The third-order valence-electron chi connectivity index (χ3n) is 6.21. The molecule has 1 fully saturated rings. The van der Waals surface area contributed by atoms with Crippen LogP contribution < -0.4 is 4.74 Å². The molecule has 2 aromatic heterocycles. The summed E-state index contributed by atoms with van der Waals surface area (Å²) in [7, 11) is 1.63. The Bertz CT molecular complexity index is 1150. The van der Waals surface area contributed by atoms with E-state index in [-0.39, 0.29) is 24.4 Å². The smallest absolute Gasteiger partial charge is 0.264 e. The quantitative estimate of drug-likeness (QED) is 0.542. The number of hydrogen-bond acceptors (Lipinski definition) is 7. The number of piperazine rings is 1. The molecule has 8 nitrogen and oxygen atoms in total. The van der Waals surface area contributed by atoms with Gasteiger partial charge in [-0.3, -0.25) is 14.5 Å². The molecule has 1 saturated heterocycles. The highest BCUT2D eigenvalue weighted by molar-refractivity contribution is 7.12. The fourth-order valence-corrected chi connectivity index (χ4v) is 5.02. The van der Waals surface area contributed by atoms with E-state index in [0.717, 1.165) is 21.9 Å². The summed E-state index contributed by atoms with van der Waals surface area (Å²) in [4.78, 5) is 30.6. The predicted octanol–water partition coefficient (Wildman–Crippen LogP) is 3.49. The molecule has 5 rings (SSSR count). The van der Waals surface area contributed by atoms with Crippen LogP contribution >= 0.6 is 11.3 Å². The third-order valence-corrected chi connectivity index (χ3v) is 7.07. The fourth-order valence-electron chi connectivity index (χ4n) is 4.33. The lowest BCUT2D eigenvalue weighted by molar-refractivity contribution is -0.134. The molecular formula is C25H26N4O4S. The number of carbonyl (C=O) groups is 2. The molecule has 176 valence electrons. The zero-order valence-corrected chi connectivity index (χ0v) is 19.7. The molecule has 34 heavy (non-hydrogen) atoms. The summed E-state index contributed by atoms with van der Waals surface area (Å²) in [6.07, 6.45) is 2.20. The average Bonchev–Trinajstić information content (AvgIpc) is 3.65. The van der Waals surface area contributed by atoms with Crippen molar-refractivity contribution in [1.29, 1.82) is 0 Å². The van der Waals surface area contributed by atoms with Gasteiger partial charge in [0.15, 0.2) is 0 Å². The molecule has 2 aliphatic rings. The van der Waals surface area contributed by atoms with Crippen molar-refractivity contribution in [2.75, 3.05) is 39.8 Å². The Labute approximate surface area is 202 Å². The highest BCUT2D eigenvalue weighted by Crippen LogP contribution is 2.33. The van der Waals surface area contributed by atoms with Gasteiger partial charge < -0.3 is 14.1 Å². The van der Waals surface area contributed by atoms with Crippen LogP contribution in [0.5, 0.6) is 5.75 Å². The molecule has 1 aromatic carbocycles. The van der Waals surface area contributed by atoms with Gasteiger partial charge in [-0.25, -0.2) is 5.01 Å². The summed E-state index contributed by atoms with van der Waals surface area (Å²) < 4.78 is 10.9. The molecule has 0 unspecified atom stereocenters. The molecule has 0 aliphatic carbocycles. The Morgan fingerprint density at radius 3 is 2.53 bits per heavy atom. The van der Waals surface area contributed by atoms with Gasteiger partial charge in [-0.1, -0.05) is 6.07 Å². The molecular weight excluding hydrogens is 452 g/mol. The molecule has 0 saturated carbocycles. The summed E-state index contributed by atoms with van der Waals surface area (Å²) in [5.74, 6) is 1.47. The van der Waals surface area contributed by atoms with Gasteiger partial charge in [-0.05, 0) is 53.4 Å². The average molecular weight is 479 g/mol. The summed E-state index contributed by atoms with van der Waals surface area (Å²) in [6, 6.07) is 14.9. The van der Waals surface area contributed by atoms with Crippen LogP contribution in [0, 0.1) is 0 Å². The molecule has 0 radical (unpaired) electrons. The Kier molecular flexibility index (Phi) is 6.46. The van der Waals surface area contributed by atoms with Crippen LogP contribution in [0.3, 0.4) is 0 Å². The second-order valence-electron chi connectivity index (χ2n) is 8.29. The molecule has 0 N–H and O–H groups in total. The lowest BCUT2D eigenvalue weighted by Crippen LogP contribution is -2.51. The van der Waals surface area contributed by atoms with Crippen molar-refractivity contribution in [3.8, 4) is 5.75 Å². The van der Waals surface area contributed by atoms with E-state index in [9.17, 15) is 9.59 Å². The van der Waals surface area contributed by atoms with E-state index in [0.29, 0.717) is 38.4 Å². The topological polar surface area (TPSA) is 78.6 Å². The van der Waals surface area contributed by atoms with Crippen molar-refractivity contribution in [3.05, 3.63) is 76.4 Å². The highest BCUT2D eigenvalue weighted by Gasteiger charge is 2.36. The molecule has 1 atom stereocenters. The number of benzene rings is 1. The van der Waals surface area contributed by atoms with E-state index < -0.39 is 0 Å². The van der Waals surface area contributed by atoms with Gasteiger partial charge >= 0.3 is 0 Å². The predicted molar refractivity (Wildman–Crippen MR) is 129 cm³/mol.